The highest BCUT2D eigenvalue weighted by Crippen LogP contribution is 2.55. The van der Waals surface area contributed by atoms with E-state index in [-0.39, 0.29) is 80.3 Å². The van der Waals surface area contributed by atoms with Crippen LogP contribution in [0.5, 0.6) is 34.5 Å². The van der Waals surface area contributed by atoms with Gasteiger partial charge in [0.15, 0.2) is 24.1 Å². The summed E-state index contributed by atoms with van der Waals surface area (Å²) in [6.07, 6.45) is -10.9. The number of hydrogen-bond donors (Lipinski definition) is 10. The number of hydrazone groups is 2. The summed E-state index contributed by atoms with van der Waals surface area (Å²) in [4.78, 5) is 87.3. The van der Waals surface area contributed by atoms with E-state index in [1.54, 1.807) is 51.8 Å². The molecule has 0 spiro atoms. The Morgan fingerprint density at radius 1 is 0.580 bits per heavy atom. The Bertz CT molecular complexity index is 3410. The van der Waals surface area contributed by atoms with Gasteiger partial charge in [-0.3, -0.25) is 28.8 Å². The van der Waals surface area contributed by atoms with Gasteiger partial charge in [0, 0.05) is 96.8 Å². The van der Waals surface area contributed by atoms with Gasteiger partial charge >= 0.3 is 0 Å². The summed E-state index contributed by atoms with van der Waals surface area (Å²) in [7, 11) is 9.68. The first-order valence-electron chi connectivity index (χ1n) is 28.7. The number of fused-ring (bicyclic) bond motifs is 6. The number of methoxy groups -OCH3 is 2. The number of likely N-dealkylation sites (N-methyl/N-ethyl adjacent to an activating group) is 2. The number of carbonyl (C=O) groups excluding carboxylic acids is 6. The van der Waals surface area contributed by atoms with Gasteiger partial charge in [0.05, 0.1) is 95.6 Å². The van der Waals surface area contributed by atoms with Crippen LogP contribution >= 0.6 is 0 Å². The van der Waals surface area contributed by atoms with Crippen LogP contribution in [0.3, 0.4) is 0 Å². The molecule has 26 nitrogen and oxygen atoms in total. The second-order valence-electron chi connectivity index (χ2n) is 23.9. The lowest BCUT2D eigenvalue weighted by atomic mass is 9.71. The topological polar surface area (TPSA) is 375 Å². The number of aromatic hydroxyl groups is 4. The second-order valence-corrected chi connectivity index (χ2v) is 23.9. The van der Waals surface area contributed by atoms with Crippen LogP contribution in [0.15, 0.2) is 46.6 Å². The van der Waals surface area contributed by atoms with Crippen molar-refractivity contribution in [1.82, 2.24) is 20.7 Å². The van der Waals surface area contributed by atoms with Crippen LogP contribution in [0.25, 0.3) is 0 Å². The quantitative estimate of drug-likeness (QED) is 0.0401. The van der Waals surface area contributed by atoms with Gasteiger partial charge in [-0.1, -0.05) is 24.3 Å². The van der Waals surface area contributed by atoms with Gasteiger partial charge in [0.25, 0.3) is 0 Å². The molecule has 6 aliphatic rings. The van der Waals surface area contributed by atoms with Crippen molar-refractivity contribution in [1.29, 1.82) is 0 Å². The Hall–Kier alpha value is -7.76. The molecule has 4 aromatic rings. The third-order valence-electron chi connectivity index (χ3n) is 18.1. The first-order chi connectivity index (χ1) is 41.6. The minimum atomic E-state index is -2.10. The molecule has 0 radical (unpaired) electrons. The summed E-state index contributed by atoms with van der Waals surface area (Å²) >= 11 is 0. The Kier molecular flexibility index (Phi) is 17.2. The van der Waals surface area contributed by atoms with Crippen molar-refractivity contribution in [2.24, 2.45) is 10.2 Å². The number of aliphatic hydroxyl groups excluding tert-OH is 2. The number of hydrogen-bond acceptors (Lipinski definition) is 24. The fourth-order valence-electron chi connectivity index (χ4n) is 13.1. The van der Waals surface area contributed by atoms with E-state index >= 15 is 0 Å². The van der Waals surface area contributed by atoms with Crippen LogP contribution in [0.4, 0.5) is 0 Å². The maximum absolute atomic E-state index is 14.3. The highest BCUT2D eigenvalue weighted by atomic mass is 16.7. The number of carbonyl (C=O) groups is 6. The molecule has 0 bridgehead atoms. The molecule has 10 N–H and O–H groups in total. The number of ketones is 4. The number of aliphatic hydroxyl groups is 4. The zero-order chi connectivity index (χ0) is 63.9. The SMILES string of the molecule is COc1cccc2c1C(=O)c1c(O)c3c(c(O)c1C2=O)CC(O)(C(C)=NNC(=O)CCC(=O)NN=C(C)C1(O)Cc2c(O)c4c(c(O)c2C(OC2CC(N(C)C)C(O)C(C)O2)C1)C(=O)c1c(OC)cccc1C4=O)CC3OC1CC(N(C)C)C(O)C(C)O1. The monoisotopic (exact) mass is 1220 g/mol. The van der Waals surface area contributed by atoms with E-state index in [0.717, 1.165) is 0 Å². The van der Waals surface area contributed by atoms with Gasteiger partial charge in [-0.2, -0.15) is 10.2 Å². The van der Waals surface area contributed by atoms with Crippen LogP contribution < -0.4 is 20.3 Å². The van der Waals surface area contributed by atoms with E-state index in [2.05, 4.69) is 21.1 Å². The number of ether oxygens (including phenoxy) is 6. The van der Waals surface area contributed by atoms with Gasteiger partial charge in [-0.15, -0.1) is 0 Å². The van der Waals surface area contributed by atoms with Gasteiger partial charge in [0.1, 0.15) is 45.7 Å². The maximum Gasteiger partial charge on any atom is 0.240 e. The Morgan fingerprint density at radius 2 is 0.932 bits per heavy atom. The number of phenolic OH excluding ortho intramolecular Hbond substituents is 4. The number of nitrogens with one attached hydrogen (secondary N) is 2. The lowest BCUT2D eigenvalue weighted by molar-refractivity contribution is -0.255. The third kappa shape index (κ3) is 10.9. The fraction of sp³-hybridized carbons (Fsp3) is 0.484. The zero-order valence-electron chi connectivity index (χ0n) is 50.2. The smallest absolute Gasteiger partial charge is 0.240 e. The van der Waals surface area contributed by atoms with Crippen LogP contribution in [0.1, 0.15) is 164 Å². The van der Waals surface area contributed by atoms with E-state index in [1.807, 2.05) is 0 Å². The largest absolute Gasteiger partial charge is 0.507 e. The average Bonchev–Trinajstić information content (AvgIpc) is 0.728. The highest BCUT2D eigenvalue weighted by Gasteiger charge is 2.52. The maximum atomic E-state index is 14.3. The number of nitrogens with zero attached hydrogens (tertiary/aromatic N) is 4. The minimum Gasteiger partial charge on any atom is -0.507 e. The molecule has 2 saturated heterocycles. The summed E-state index contributed by atoms with van der Waals surface area (Å²) in [5.74, 6) is -7.52. The van der Waals surface area contributed by atoms with E-state index in [1.165, 1.54) is 64.5 Å². The highest BCUT2D eigenvalue weighted by molar-refractivity contribution is 6.32. The standard InChI is InChI=1S/C62H72N6O20/c1-25-51(71)33(67(5)6)19-41(85-25)87-37-23-61(81,21-31-45(37)59(79)49-47(55(31)75)53(73)29-13-11-15-35(83-9)43(29)57(49)77)27(3)63-65-39(69)17-18-40(70)66-64-28(4)62(82)22-32-46(38(24-62)88-42-20-34(68(7)8)52(72)26(2)86-42)60(80)50-48(56(32)76)54(74)30-14-12-16-36(84-10)44(30)58(50)78/h11-16,25-26,33-34,37-38,41-42,51-52,71-72,75-76,79-82H,17-24H2,1-10H3,(H,65,69)(H,66,70). The van der Waals surface area contributed by atoms with Crippen molar-refractivity contribution in [2.75, 3.05) is 42.4 Å². The molecule has 2 heterocycles. The molecule has 4 aromatic carbocycles. The molecule has 2 aliphatic heterocycles. The van der Waals surface area contributed by atoms with Gasteiger partial charge in [-0.25, -0.2) is 10.9 Å². The molecule has 0 aromatic heterocycles. The number of amides is 2. The van der Waals surface area contributed by atoms with E-state index < -0.39 is 191 Å². The molecule has 2 fully saturated rings. The lowest BCUT2D eigenvalue weighted by Crippen LogP contribution is -2.54. The van der Waals surface area contributed by atoms with Crippen LogP contribution in [0.2, 0.25) is 0 Å². The van der Waals surface area contributed by atoms with E-state index in [4.69, 9.17) is 28.4 Å². The summed E-state index contributed by atoms with van der Waals surface area (Å²) in [5.41, 5.74) is -2.81. The minimum absolute atomic E-state index is 0.0572. The van der Waals surface area contributed by atoms with Crippen LogP contribution in [-0.2, 0) is 41.4 Å². The van der Waals surface area contributed by atoms with Gasteiger partial charge in [0.2, 0.25) is 23.4 Å². The zero-order valence-corrected chi connectivity index (χ0v) is 50.2. The van der Waals surface area contributed by atoms with Crippen molar-refractivity contribution in [3.8, 4) is 34.5 Å². The second kappa shape index (κ2) is 24.0. The molecule has 26 heteroatoms. The molecular formula is C62H72N6O20. The van der Waals surface area contributed by atoms with Crippen molar-refractivity contribution in [2.45, 2.75) is 152 Å². The first kappa shape index (κ1) is 63.3. The van der Waals surface area contributed by atoms with Gasteiger partial charge in [-0.05, 0) is 68.0 Å². The normalized spacial score (nSPS) is 28.5. The Labute approximate surface area is 505 Å². The van der Waals surface area contributed by atoms with Crippen molar-refractivity contribution >= 4 is 46.4 Å². The number of phenols is 4. The summed E-state index contributed by atoms with van der Waals surface area (Å²) in [6.45, 7) is 6.03. The van der Waals surface area contributed by atoms with Crippen molar-refractivity contribution < 1.29 is 98.0 Å². The predicted octanol–water partition coefficient (Wildman–Crippen LogP) is 2.86. The van der Waals surface area contributed by atoms with Gasteiger partial charge < -0.3 is 79.1 Å². The van der Waals surface area contributed by atoms with E-state index in [0.29, 0.717) is 0 Å². The first-order valence-corrected chi connectivity index (χ1v) is 28.7. The van der Waals surface area contributed by atoms with Crippen molar-refractivity contribution in [3.05, 3.63) is 103 Å². The molecule has 2 amide bonds. The fourth-order valence-corrected chi connectivity index (χ4v) is 13.1. The number of rotatable bonds is 15. The van der Waals surface area contributed by atoms with Crippen LogP contribution in [-0.4, -0.2) is 200 Å². The predicted molar refractivity (Wildman–Crippen MR) is 310 cm³/mol. The molecular weight excluding hydrogens is 1150 g/mol. The molecule has 10 rings (SSSR count). The summed E-state index contributed by atoms with van der Waals surface area (Å²) in [5, 5.41) is 104. The number of benzene rings is 4. The average molecular weight is 1220 g/mol. The third-order valence-corrected chi connectivity index (χ3v) is 18.1. The molecule has 12 unspecified atom stereocenters. The summed E-state index contributed by atoms with van der Waals surface area (Å²) in [6, 6.07) is 7.75. The molecule has 88 heavy (non-hydrogen) atoms. The molecule has 470 valence electrons. The van der Waals surface area contributed by atoms with Crippen LogP contribution in [0, 0.1) is 0 Å². The van der Waals surface area contributed by atoms with Crippen molar-refractivity contribution in [3.63, 3.8) is 0 Å². The Morgan fingerprint density at radius 3 is 1.27 bits per heavy atom. The molecule has 0 saturated carbocycles. The summed E-state index contributed by atoms with van der Waals surface area (Å²) < 4.78 is 35.9. The Balaban J connectivity index is 0.877. The lowest BCUT2D eigenvalue weighted by Gasteiger charge is -2.44. The molecule has 12 atom stereocenters. The van der Waals surface area contributed by atoms with E-state index in [9.17, 15) is 69.6 Å². The molecule has 4 aliphatic carbocycles.